The third-order valence-corrected chi connectivity index (χ3v) is 6.74. The van der Waals surface area contributed by atoms with Crippen molar-refractivity contribution >= 4 is 28.7 Å². The van der Waals surface area contributed by atoms with Gasteiger partial charge in [0, 0.05) is 47.8 Å². The number of para-hydroxylation sites is 1. The van der Waals surface area contributed by atoms with E-state index in [0.29, 0.717) is 25.4 Å². The predicted octanol–water partition coefficient (Wildman–Crippen LogP) is 4.45. The highest BCUT2D eigenvalue weighted by Crippen LogP contribution is 2.39. The molecule has 8 nitrogen and oxygen atoms in total. The predicted molar refractivity (Wildman–Crippen MR) is 149 cm³/mol. The minimum atomic E-state index is -0.464. The number of benzene rings is 2. The molecule has 0 saturated carbocycles. The Morgan fingerprint density at radius 3 is 2.81 bits per heavy atom. The van der Waals surface area contributed by atoms with Crippen molar-refractivity contribution in [2.45, 2.75) is 25.3 Å². The third-order valence-electron chi connectivity index (χ3n) is 6.74. The molecule has 4 rings (SSSR count). The molecule has 2 aromatic carbocycles. The molecule has 8 heteroatoms. The summed E-state index contributed by atoms with van der Waals surface area (Å²) in [5, 5.41) is 6.39. The van der Waals surface area contributed by atoms with Crippen molar-refractivity contribution in [2.75, 3.05) is 48.9 Å². The first kappa shape index (κ1) is 26.2. The zero-order valence-electron chi connectivity index (χ0n) is 21.7. The second-order valence-corrected chi connectivity index (χ2v) is 9.46. The van der Waals surface area contributed by atoms with Crippen LogP contribution in [0.1, 0.15) is 25.1 Å². The molecular formula is C29H35N5O3. The zero-order chi connectivity index (χ0) is 26.4. The van der Waals surface area contributed by atoms with Crippen molar-refractivity contribution in [3.63, 3.8) is 0 Å². The van der Waals surface area contributed by atoms with Crippen molar-refractivity contribution < 1.29 is 14.3 Å². The molecule has 3 aromatic rings. The molecule has 1 saturated heterocycles. The summed E-state index contributed by atoms with van der Waals surface area (Å²) in [6.07, 6.45) is 2.95. The summed E-state index contributed by atoms with van der Waals surface area (Å²) in [5.41, 5.74) is 10.9. The van der Waals surface area contributed by atoms with Gasteiger partial charge in [0.2, 0.25) is 5.91 Å². The number of aromatic nitrogens is 1. The Bertz CT molecular complexity index is 1260. The second-order valence-electron chi connectivity index (χ2n) is 9.46. The first-order valence-corrected chi connectivity index (χ1v) is 12.4. The van der Waals surface area contributed by atoms with E-state index in [0.717, 1.165) is 40.6 Å². The van der Waals surface area contributed by atoms with Crippen LogP contribution < -0.4 is 26.0 Å². The number of amides is 1. The van der Waals surface area contributed by atoms with Gasteiger partial charge in [-0.05, 0) is 42.0 Å². The van der Waals surface area contributed by atoms with Crippen molar-refractivity contribution in [3.8, 4) is 5.75 Å². The Hall–Kier alpha value is -3.88. The van der Waals surface area contributed by atoms with Crippen LogP contribution in [0.25, 0.3) is 0 Å². The van der Waals surface area contributed by atoms with Gasteiger partial charge in [0.1, 0.15) is 5.75 Å². The van der Waals surface area contributed by atoms with E-state index in [1.165, 1.54) is 6.08 Å². The van der Waals surface area contributed by atoms with E-state index in [1.54, 1.807) is 19.4 Å². The molecule has 1 unspecified atom stereocenters. The molecule has 194 valence electrons. The monoisotopic (exact) mass is 501 g/mol. The van der Waals surface area contributed by atoms with Crippen LogP contribution in [0.3, 0.4) is 0 Å². The van der Waals surface area contributed by atoms with Gasteiger partial charge in [-0.1, -0.05) is 38.6 Å². The molecule has 4 N–H and O–H groups in total. The van der Waals surface area contributed by atoms with Gasteiger partial charge < -0.3 is 30.7 Å². The number of pyridine rings is 1. The summed E-state index contributed by atoms with van der Waals surface area (Å²) in [6.45, 7) is 10.3. The Kier molecular flexibility index (Phi) is 8.11. The molecule has 37 heavy (non-hydrogen) atoms. The first-order chi connectivity index (χ1) is 17.9. The van der Waals surface area contributed by atoms with Gasteiger partial charge in [-0.2, -0.15) is 0 Å². The van der Waals surface area contributed by atoms with Crippen LogP contribution in [0.2, 0.25) is 0 Å². The van der Waals surface area contributed by atoms with E-state index in [9.17, 15) is 4.79 Å². The number of nitrogens with zero attached hydrogens (tertiary/aromatic N) is 2. The summed E-state index contributed by atoms with van der Waals surface area (Å²) in [5.74, 6) is 0.474. The second kappa shape index (κ2) is 11.5. The van der Waals surface area contributed by atoms with Gasteiger partial charge in [0.05, 0.1) is 37.7 Å². The van der Waals surface area contributed by atoms with Crippen LogP contribution in [-0.2, 0) is 14.9 Å². The van der Waals surface area contributed by atoms with E-state index < -0.39 is 5.41 Å². The van der Waals surface area contributed by atoms with Crippen molar-refractivity contribution in [1.29, 1.82) is 0 Å². The lowest BCUT2D eigenvalue weighted by Crippen LogP contribution is -2.49. The maximum Gasteiger partial charge on any atom is 0.247 e. The Labute approximate surface area is 218 Å². The molecule has 1 amide bonds. The fourth-order valence-electron chi connectivity index (χ4n) is 4.62. The van der Waals surface area contributed by atoms with E-state index in [1.807, 2.05) is 36.4 Å². The molecule has 1 aliphatic rings. The summed E-state index contributed by atoms with van der Waals surface area (Å²) < 4.78 is 11.4. The van der Waals surface area contributed by atoms with Crippen LogP contribution in [0.5, 0.6) is 5.75 Å². The molecule has 1 atom stereocenters. The van der Waals surface area contributed by atoms with Gasteiger partial charge in [-0.25, -0.2) is 0 Å². The van der Waals surface area contributed by atoms with Crippen LogP contribution >= 0.6 is 0 Å². The number of methoxy groups -OCH3 is 1. The van der Waals surface area contributed by atoms with Gasteiger partial charge in [-0.15, -0.1) is 0 Å². The lowest BCUT2D eigenvalue weighted by molar-refractivity contribution is -0.111. The number of hydrogen-bond donors (Lipinski definition) is 3. The number of carbonyl (C=O) groups excluding carboxylic acids is 1. The Morgan fingerprint density at radius 2 is 2.05 bits per heavy atom. The molecule has 0 bridgehead atoms. The van der Waals surface area contributed by atoms with Gasteiger partial charge >= 0.3 is 0 Å². The fourth-order valence-corrected chi connectivity index (χ4v) is 4.62. The number of hydrogen-bond acceptors (Lipinski definition) is 7. The number of nitrogens with one attached hydrogen (secondary N) is 2. The smallest absolute Gasteiger partial charge is 0.247 e. The van der Waals surface area contributed by atoms with Gasteiger partial charge in [0.15, 0.2) is 0 Å². The Balaban J connectivity index is 1.64. The highest BCUT2D eigenvalue weighted by molar-refractivity contribution is 5.98. The number of carbonyl (C=O) groups is 1. The minimum absolute atomic E-state index is 0.137. The summed E-state index contributed by atoms with van der Waals surface area (Å²) >= 11 is 0. The third kappa shape index (κ3) is 5.76. The first-order valence-electron chi connectivity index (χ1n) is 12.4. The maximum absolute atomic E-state index is 11.8. The van der Waals surface area contributed by atoms with Crippen LogP contribution in [-0.4, -0.2) is 50.3 Å². The zero-order valence-corrected chi connectivity index (χ0v) is 21.7. The molecule has 1 fully saturated rings. The summed E-state index contributed by atoms with van der Waals surface area (Å²) in [7, 11) is 1.67. The maximum atomic E-state index is 11.8. The van der Waals surface area contributed by atoms with E-state index in [4.69, 9.17) is 15.2 Å². The molecule has 1 aliphatic heterocycles. The van der Waals surface area contributed by atoms with Crippen molar-refractivity contribution in [3.05, 3.63) is 84.7 Å². The minimum Gasteiger partial charge on any atom is -0.494 e. The fraction of sp³-hybridized carbons (Fsp3) is 0.310. The highest BCUT2D eigenvalue weighted by atomic mass is 16.5. The topological polar surface area (TPSA) is 102 Å². The molecule has 1 aromatic heterocycles. The molecule has 0 spiro atoms. The quantitative estimate of drug-likeness (QED) is 0.373. The summed E-state index contributed by atoms with van der Waals surface area (Å²) in [4.78, 5) is 18.7. The van der Waals surface area contributed by atoms with Crippen molar-refractivity contribution in [1.82, 2.24) is 4.98 Å². The standard InChI is InChI=1S/C29H35N5O3/c1-5-28(35)32-20-12-13-31-27(16-20)29(2,3)23-8-6-7-9-24(23)33-25-11-10-21(17-26(25)36-4)34-14-15-37-19-22(34)18-30/h5-13,16-17,22,33H,1,14-15,18-19,30H2,2-4H3,(H,31,32,35). The summed E-state index contributed by atoms with van der Waals surface area (Å²) in [6, 6.07) is 18.1. The lowest BCUT2D eigenvalue weighted by Gasteiger charge is -2.37. The number of morpholine rings is 1. The molecule has 0 aliphatic carbocycles. The average molecular weight is 502 g/mol. The van der Waals surface area contributed by atoms with Gasteiger partial charge in [0.25, 0.3) is 0 Å². The van der Waals surface area contributed by atoms with Gasteiger partial charge in [-0.3, -0.25) is 9.78 Å². The number of anilines is 4. The Morgan fingerprint density at radius 1 is 1.24 bits per heavy atom. The van der Waals surface area contributed by atoms with Crippen LogP contribution in [0, 0.1) is 0 Å². The van der Waals surface area contributed by atoms with Crippen LogP contribution in [0.15, 0.2) is 73.4 Å². The SMILES string of the molecule is C=CC(=O)Nc1ccnc(C(C)(C)c2ccccc2Nc2ccc(N3CCOCC3CN)cc2OC)c1. The normalized spacial score (nSPS) is 15.7. The molecule has 0 radical (unpaired) electrons. The highest BCUT2D eigenvalue weighted by Gasteiger charge is 2.28. The van der Waals surface area contributed by atoms with Crippen molar-refractivity contribution in [2.24, 2.45) is 5.73 Å². The van der Waals surface area contributed by atoms with Crippen LogP contribution in [0.4, 0.5) is 22.7 Å². The van der Waals surface area contributed by atoms with E-state index in [2.05, 4.69) is 53.1 Å². The number of nitrogens with two attached hydrogens (primary N) is 1. The largest absolute Gasteiger partial charge is 0.494 e. The molecule has 2 heterocycles. The number of ether oxygens (including phenoxy) is 2. The molecular weight excluding hydrogens is 466 g/mol. The van der Waals surface area contributed by atoms with E-state index >= 15 is 0 Å². The number of rotatable bonds is 9. The lowest BCUT2D eigenvalue weighted by atomic mass is 9.80. The average Bonchev–Trinajstić information content (AvgIpc) is 2.93. The van der Waals surface area contributed by atoms with E-state index in [-0.39, 0.29) is 11.9 Å².